The lowest BCUT2D eigenvalue weighted by Gasteiger charge is -2.34. The van der Waals surface area contributed by atoms with Crippen molar-refractivity contribution in [3.8, 4) is 23.1 Å². The van der Waals surface area contributed by atoms with Gasteiger partial charge in [0.25, 0.3) is 12.3 Å². The maximum Gasteiger partial charge on any atom is 0.406 e. The molecule has 0 bridgehead atoms. The zero-order valence-corrected chi connectivity index (χ0v) is 23.7. The van der Waals surface area contributed by atoms with Gasteiger partial charge in [0.1, 0.15) is 40.8 Å². The summed E-state index contributed by atoms with van der Waals surface area (Å²) in [4.78, 5) is 34.7. The van der Waals surface area contributed by atoms with E-state index in [2.05, 4.69) is 35.3 Å². The number of aromatic nitrogens is 4. The first-order valence-electron chi connectivity index (χ1n) is 13.2. The number of nitrogens with zero attached hydrogens (tertiary/aromatic N) is 6. The number of rotatable bonds is 9. The van der Waals surface area contributed by atoms with Crippen LogP contribution in [-0.2, 0) is 4.74 Å². The van der Waals surface area contributed by atoms with Crippen LogP contribution < -0.4 is 26.0 Å². The lowest BCUT2D eigenvalue weighted by atomic mass is 10.0. The highest BCUT2D eigenvalue weighted by Gasteiger charge is 2.29. The Labute approximate surface area is 248 Å². The van der Waals surface area contributed by atoms with E-state index in [0.29, 0.717) is 42.1 Å². The van der Waals surface area contributed by atoms with Gasteiger partial charge in [0.2, 0.25) is 0 Å². The number of pyridine rings is 1. The van der Waals surface area contributed by atoms with Gasteiger partial charge in [0, 0.05) is 37.0 Å². The molecule has 1 aliphatic rings. The van der Waals surface area contributed by atoms with Crippen LogP contribution in [0.15, 0.2) is 36.8 Å². The van der Waals surface area contributed by atoms with Crippen molar-refractivity contribution in [3.63, 3.8) is 0 Å². The minimum absolute atomic E-state index is 0.0150. The third-order valence-corrected chi connectivity index (χ3v) is 7.91. The molecule has 0 radical (unpaired) electrons. The second kappa shape index (κ2) is 12.9. The van der Waals surface area contributed by atoms with E-state index in [0.717, 1.165) is 23.7 Å². The number of methoxy groups -OCH3 is 1. The molecule has 13 nitrogen and oxygen atoms in total. The van der Waals surface area contributed by atoms with E-state index < -0.39 is 18.4 Å². The normalized spacial score (nSPS) is 14.9. The first-order chi connectivity index (χ1) is 20.8. The number of amides is 2. The van der Waals surface area contributed by atoms with Gasteiger partial charge in [-0.2, -0.15) is 10.4 Å². The predicted molar refractivity (Wildman–Crippen MR) is 153 cm³/mol. The fourth-order valence-corrected chi connectivity index (χ4v) is 5.68. The molecular formula is C27H27F2N9O4S. The molecule has 0 unspecified atom stereocenters. The van der Waals surface area contributed by atoms with Crippen LogP contribution in [-0.4, -0.2) is 71.0 Å². The van der Waals surface area contributed by atoms with E-state index in [-0.39, 0.29) is 46.2 Å². The molecule has 16 heteroatoms. The van der Waals surface area contributed by atoms with Crippen molar-refractivity contribution in [2.75, 3.05) is 44.0 Å². The number of ether oxygens (including phenoxy) is 2. The van der Waals surface area contributed by atoms with Gasteiger partial charge < -0.3 is 30.7 Å². The SMILES string of the molecule is COC(=O)NCCOc1cc(C(F)F)sc1C(=O)N[C@@H]1CCCN(c2cc(-c3ccc(C#N)nc3)n3ncnc(N)c23)C1. The van der Waals surface area contributed by atoms with Crippen molar-refractivity contribution < 1.29 is 27.8 Å². The van der Waals surface area contributed by atoms with Crippen LogP contribution in [0.2, 0.25) is 0 Å². The van der Waals surface area contributed by atoms with Crippen molar-refractivity contribution in [3.05, 3.63) is 52.2 Å². The van der Waals surface area contributed by atoms with E-state index in [4.69, 9.17) is 15.7 Å². The number of anilines is 2. The molecule has 2 amide bonds. The second-order valence-corrected chi connectivity index (χ2v) is 10.6. The van der Waals surface area contributed by atoms with Crippen LogP contribution in [0, 0.1) is 11.3 Å². The number of nitrogens with one attached hydrogen (secondary N) is 2. The molecule has 1 fully saturated rings. The van der Waals surface area contributed by atoms with Crippen molar-refractivity contribution in [1.82, 2.24) is 30.2 Å². The maximum absolute atomic E-state index is 13.5. The topological polar surface area (TPSA) is 173 Å². The molecule has 5 heterocycles. The summed E-state index contributed by atoms with van der Waals surface area (Å²) >= 11 is 0.663. The highest BCUT2D eigenvalue weighted by Crippen LogP contribution is 2.37. The number of nitriles is 1. The number of fused-ring (bicyclic) bond motifs is 1. The quantitative estimate of drug-likeness (QED) is 0.238. The standard InChI is InChI=1S/C27H27F2N9O4S/c1-41-27(40)32-6-8-42-20-10-21(24(28)29)43-23(20)26(39)36-17-3-2-7-37(13-17)19-9-18(15-4-5-16(11-30)33-12-15)38-22(19)25(31)34-14-35-38/h4-5,9-10,12,14,17,24H,2-3,6-8,13H2,1H3,(H,32,40)(H,36,39)(H2,31,34,35)/t17-/m1/s1. The summed E-state index contributed by atoms with van der Waals surface area (Å²) in [5.74, 6) is -0.250. The Bertz CT molecular complexity index is 1670. The van der Waals surface area contributed by atoms with Crippen LogP contribution in [0.1, 0.15) is 39.5 Å². The summed E-state index contributed by atoms with van der Waals surface area (Å²) in [5.41, 5.74) is 9.33. The van der Waals surface area contributed by atoms with Gasteiger partial charge in [0.15, 0.2) is 5.82 Å². The number of alkyl carbamates (subject to hydrolysis) is 1. The summed E-state index contributed by atoms with van der Waals surface area (Å²) in [6, 6.07) is 8.13. The summed E-state index contributed by atoms with van der Waals surface area (Å²) in [5, 5.41) is 18.9. The Morgan fingerprint density at radius 3 is 2.86 bits per heavy atom. The van der Waals surface area contributed by atoms with Gasteiger partial charge in [-0.25, -0.2) is 28.1 Å². The molecule has 1 atom stereocenters. The van der Waals surface area contributed by atoms with Gasteiger partial charge in [-0.05, 0) is 31.0 Å². The molecule has 0 spiro atoms. The molecule has 4 N–H and O–H groups in total. The monoisotopic (exact) mass is 611 g/mol. The molecule has 0 saturated carbocycles. The lowest BCUT2D eigenvalue weighted by Crippen LogP contribution is -2.47. The number of nitrogens with two attached hydrogens (primary N) is 1. The molecule has 1 saturated heterocycles. The molecule has 0 aliphatic carbocycles. The van der Waals surface area contributed by atoms with Gasteiger partial charge in [0.05, 0.1) is 29.9 Å². The fraction of sp³-hybridized carbons (Fsp3) is 0.333. The van der Waals surface area contributed by atoms with Gasteiger partial charge in [-0.3, -0.25) is 4.79 Å². The van der Waals surface area contributed by atoms with Crippen molar-refractivity contribution in [2.45, 2.75) is 25.3 Å². The number of alkyl halides is 2. The number of hydrogen-bond donors (Lipinski definition) is 3. The molecule has 43 heavy (non-hydrogen) atoms. The third kappa shape index (κ3) is 6.41. The van der Waals surface area contributed by atoms with Crippen molar-refractivity contribution >= 4 is 40.4 Å². The fourth-order valence-electron chi connectivity index (χ4n) is 4.82. The number of carbonyl (C=O) groups is 2. The number of nitrogen functional groups attached to an aromatic ring is 1. The number of piperidine rings is 1. The van der Waals surface area contributed by atoms with Gasteiger partial charge >= 0.3 is 6.09 Å². The number of thiophene rings is 1. The Morgan fingerprint density at radius 2 is 2.14 bits per heavy atom. The minimum atomic E-state index is -2.77. The number of halogens is 2. The third-order valence-electron chi connectivity index (χ3n) is 6.79. The minimum Gasteiger partial charge on any atom is -0.490 e. The Hall–Kier alpha value is -5.04. The van der Waals surface area contributed by atoms with Gasteiger partial charge in [-0.1, -0.05) is 0 Å². The Morgan fingerprint density at radius 1 is 1.30 bits per heavy atom. The molecular weight excluding hydrogens is 584 g/mol. The molecule has 224 valence electrons. The van der Waals surface area contributed by atoms with E-state index in [1.54, 1.807) is 22.8 Å². The van der Waals surface area contributed by atoms with E-state index >= 15 is 0 Å². The van der Waals surface area contributed by atoms with Crippen molar-refractivity contribution in [2.24, 2.45) is 0 Å². The summed E-state index contributed by atoms with van der Waals surface area (Å²) in [6.07, 6.45) is 0.904. The summed E-state index contributed by atoms with van der Waals surface area (Å²) in [7, 11) is 1.21. The molecule has 4 aromatic heterocycles. The first kappa shape index (κ1) is 29.5. The zero-order valence-electron chi connectivity index (χ0n) is 22.9. The molecule has 1 aliphatic heterocycles. The average molecular weight is 612 g/mol. The van der Waals surface area contributed by atoms with Crippen LogP contribution in [0.5, 0.6) is 5.75 Å². The van der Waals surface area contributed by atoms with E-state index in [1.165, 1.54) is 13.4 Å². The zero-order chi connectivity index (χ0) is 30.5. The van der Waals surface area contributed by atoms with Crippen molar-refractivity contribution in [1.29, 1.82) is 5.26 Å². The molecule has 0 aromatic carbocycles. The van der Waals surface area contributed by atoms with Crippen LogP contribution in [0.25, 0.3) is 16.8 Å². The van der Waals surface area contributed by atoms with E-state index in [9.17, 15) is 18.4 Å². The first-order valence-corrected chi connectivity index (χ1v) is 14.0. The summed E-state index contributed by atoms with van der Waals surface area (Å²) < 4.78 is 38.7. The molecule has 4 aromatic rings. The van der Waals surface area contributed by atoms with Crippen LogP contribution in [0.4, 0.5) is 25.1 Å². The van der Waals surface area contributed by atoms with E-state index in [1.807, 2.05) is 12.1 Å². The Balaban J connectivity index is 1.35. The predicted octanol–water partition coefficient (Wildman–Crippen LogP) is 3.38. The van der Waals surface area contributed by atoms with Gasteiger partial charge in [-0.15, -0.1) is 11.3 Å². The second-order valence-electron chi connectivity index (χ2n) is 9.53. The average Bonchev–Trinajstić information content (AvgIpc) is 3.63. The smallest absolute Gasteiger partial charge is 0.406 e. The highest BCUT2D eigenvalue weighted by molar-refractivity contribution is 7.14. The Kier molecular flexibility index (Phi) is 8.81. The highest BCUT2D eigenvalue weighted by atomic mass is 32.1. The number of carbonyl (C=O) groups excluding carboxylic acids is 2. The molecule has 5 rings (SSSR count). The number of hydrogen-bond acceptors (Lipinski definition) is 11. The summed E-state index contributed by atoms with van der Waals surface area (Å²) in [6.45, 7) is 1.09. The maximum atomic E-state index is 13.5. The van der Waals surface area contributed by atoms with Crippen LogP contribution in [0.3, 0.4) is 0 Å². The largest absolute Gasteiger partial charge is 0.490 e. The lowest BCUT2D eigenvalue weighted by molar-refractivity contribution is 0.0933. The van der Waals surface area contributed by atoms with Crippen LogP contribution >= 0.6 is 11.3 Å².